The number of nitrogens with zero attached hydrogens (tertiary/aromatic N) is 4. The lowest BCUT2D eigenvalue weighted by Crippen LogP contribution is -2.37. The summed E-state index contributed by atoms with van der Waals surface area (Å²) in [6.45, 7) is 7.02. The minimum Gasteiger partial charge on any atom is -0.497 e. The number of anilines is 4. The standard InChI is InChI=1S/C48H48N2O3.C40H37NO2.C39H35NO4/c1-51-37-18-13-34(14-19-37)48(33-11-15-35(16-12-33)50-25-27-52-28-26-50)22-21-41-46-44-32-10-9-31(29-32)43(44)38-7-3-4-8-39(38)45(46)40-20-17-36(30-42(40)47(41)53-48)49-23-5-2-6-24-49;1-41(2)28-19-17-27(18-20-28)40(26-11-5-4-6-12-26)24-23-35-38-33-16-10-8-14-31(33)30-13-7-9-15-32(30)37(38)34-22-21-29(42-3)25-36(34)39(35)43-40;1-40(2)26-13-9-24(10-14-26)39(25-11-15-27(41-3)16-12-25)20-19-32-37-35-23-43-22-34(35)29-7-5-6-8-30(29)36(37)31-18-17-28(42-4)21-33(31)38(32)44-39/h3-4,7-8,11-22,30-32,43-44H,2,5-6,9-10,23-29H2,1H3;4-7,9,11-13,15,17-25,31,33H,8,10,14,16H2,1-3H3;5-21,34-35H,22-23H2,1-4H3. The number of fused-ring (bicyclic) bond motifs is 37. The van der Waals surface area contributed by atoms with E-state index in [0.29, 0.717) is 36.2 Å². The van der Waals surface area contributed by atoms with Crippen molar-refractivity contribution in [1.82, 2.24) is 0 Å². The van der Waals surface area contributed by atoms with E-state index in [1.807, 2.05) is 12.1 Å². The van der Waals surface area contributed by atoms with Gasteiger partial charge in [0, 0.05) is 155 Å². The Bertz CT molecular complexity index is 7420. The quantitative estimate of drug-likeness (QED) is 0.103. The summed E-state index contributed by atoms with van der Waals surface area (Å²) in [7, 11) is 15.2. The molecule has 3 saturated heterocycles. The van der Waals surface area contributed by atoms with Gasteiger partial charge in [-0.1, -0.05) is 201 Å². The summed E-state index contributed by atoms with van der Waals surface area (Å²) in [6.07, 6.45) is 26.9. The maximum atomic E-state index is 7.81. The van der Waals surface area contributed by atoms with Crippen molar-refractivity contribution in [2.45, 2.75) is 117 Å². The van der Waals surface area contributed by atoms with Crippen molar-refractivity contribution >= 4 is 73.3 Å². The molecule has 0 radical (unpaired) electrons. The average molecular weight is 1850 g/mol. The SMILES string of the molecule is COc1ccc(C2(c3ccc(N(C)C)cc3)C=Cc3c4c(c5ccc(OC)cc5c3O2)-c2ccccc2C2COCC42)cc1.COc1ccc(C2(c3ccc(N4CCOCC4)cc3)C=Cc3c4c(c5ccc(N6CCCCC6)cc5c3O2)-c2ccccc2C2C3CCC(C3)C42)cc1.COc1ccc2c3c(c4c(c2c1)OC(c1ccccc1)(c1ccc(N(C)C)cc1)C=C4)C1CCCCC1c1ccccc1-3. The zero-order chi connectivity index (χ0) is 94.2. The highest BCUT2D eigenvalue weighted by molar-refractivity contribution is 6.11. The van der Waals surface area contributed by atoms with Gasteiger partial charge in [-0.2, -0.15) is 0 Å². The molecule has 6 heterocycles. The first-order chi connectivity index (χ1) is 68.8. The molecule has 6 aliphatic carbocycles. The van der Waals surface area contributed by atoms with Crippen molar-refractivity contribution in [3.63, 3.8) is 0 Å². The van der Waals surface area contributed by atoms with E-state index < -0.39 is 16.8 Å². The van der Waals surface area contributed by atoms with E-state index in [4.69, 9.17) is 42.6 Å². The molecule has 2 bridgehead atoms. The first-order valence-corrected chi connectivity index (χ1v) is 50.9. The lowest BCUT2D eigenvalue weighted by Gasteiger charge is -2.43. The monoisotopic (exact) mass is 1840 g/mol. The molecule has 0 spiro atoms. The summed E-state index contributed by atoms with van der Waals surface area (Å²) >= 11 is 0. The van der Waals surface area contributed by atoms with Crippen molar-refractivity contribution in [2.75, 3.05) is 129 Å². The Labute approximate surface area is 822 Å². The highest BCUT2D eigenvalue weighted by Crippen LogP contribution is 2.69. The molecule has 3 saturated carbocycles. The van der Waals surface area contributed by atoms with E-state index in [1.54, 1.807) is 34.0 Å². The van der Waals surface area contributed by atoms with Crippen LogP contribution in [0.3, 0.4) is 0 Å². The lowest BCUT2D eigenvalue weighted by atomic mass is 9.63. The second-order valence-corrected chi connectivity index (χ2v) is 41.0. The number of methoxy groups -OCH3 is 4. The van der Waals surface area contributed by atoms with Crippen molar-refractivity contribution in [1.29, 1.82) is 0 Å². The van der Waals surface area contributed by atoms with E-state index in [0.717, 1.165) is 153 Å². The summed E-state index contributed by atoms with van der Waals surface area (Å²) in [5.74, 6) is 10.4. The molecule has 13 nitrogen and oxygen atoms in total. The van der Waals surface area contributed by atoms with Crippen molar-refractivity contribution in [3.8, 4) is 73.6 Å². The smallest absolute Gasteiger partial charge is 0.178 e. The van der Waals surface area contributed by atoms with Crippen LogP contribution in [0.2, 0.25) is 0 Å². The van der Waals surface area contributed by atoms with Crippen LogP contribution in [0.1, 0.15) is 183 Å². The predicted octanol–water partition coefficient (Wildman–Crippen LogP) is 28.1. The van der Waals surface area contributed by atoms with Crippen LogP contribution in [0.5, 0.6) is 40.2 Å². The highest BCUT2D eigenvalue weighted by atomic mass is 16.5. The molecule has 11 unspecified atom stereocenters. The molecule has 0 aromatic heterocycles. The van der Waals surface area contributed by atoms with Crippen molar-refractivity contribution in [3.05, 3.63) is 381 Å². The van der Waals surface area contributed by atoms with Gasteiger partial charge < -0.3 is 62.2 Å². The number of hydrogen-bond acceptors (Lipinski definition) is 13. The average Bonchev–Trinajstić information content (AvgIpc) is 1.59. The normalized spacial score (nSPS) is 23.4. The molecule has 6 aliphatic heterocycles. The zero-order valence-electron chi connectivity index (χ0n) is 81.3. The fraction of sp³-hybridized carbons (Fsp3) is 0.291. The third-order valence-corrected chi connectivity index (χ3v) is 33.6. The molecular formula is C127H120N4O9. The van der Waals surface area contributed by atoms with E-state index in [1.165, 1.54) is 175 Å². The number of benzene rings is 15. The minimum atomic E-state index is -0.855. The van der Waals surface area contributed by atoms with Crippen LogP contribution in [-0.2, 0) is 26.3 Å². The first kappa shape index (κ1) is 87.5. The number of morpholine rings is 1. The summed E-state index contributed by atoms with van der Waals surface area (Å²) in [5.41, 5.74) is 29.6. The largest absolute Gasteiger partial charge is 0.497 e. The molecule has 15 aromatic carbocycles. The van der Waals surface area contributed by atoms with Crippen LogP contribution in [0, 0.1) is 11.8 Å². The molecule has 13 heteroatoms. The van der Waals surface area contributed by atoms with Gasteiger partial charge in [0.2, 0.25) is 0 Å². The van der Waals surface area contributed by atoms with Crippen LogP contribution in [0.4, 0.5) is 22.7 Å². The van der Waals surface area contributed by atoms with Gasteiger partial charge in [-0.05, 0) is 297 Å². The van der Waals surface area contributed by atoms with Crippen LogP contribution in [0.15, 0.2) is 297 Å². The molecule has 15 aromatic rings. The fourth-order valence-electron chi connectivity index (χ4n) is 26.9. The Morgan fingerprint density at radius 2 is 0.693 bits per heavy atom. The molecular weight excluding hydrogens is 1730 g/mol. The molecule has 0 amide bonds. The van der Waals surface area contributed by atoms with Gasteiger partial charge in [0.25, 0.3) is 0 Å². The Morgan fingerprint density at radius 3 is 1.20 bits per heavy atom. The summed E-state index contributed by atoms with van der Waals surface area (Å²) in [6, 6.07) is 102. The second kappa shape index (κ2) is 35.4. The van der Waals surface area contributed by atoms with Gasteiger partial charge >= 0.3 is 0 Å². The highest BCUT2D eigenvalue weighted by Gasteiger charge is 2.55. The van der Waals surface area contributed by atoms with Crippen molar-refractivity contribution in [2.24, 2.45) is 11.8 Å². The molecule has 27 rings (SSSR count). The van der Waals surface area contributed by atoms with Gasteiger partial charge in [-0.3, -0.25) is 0 Å². The van der Waals surface area contributed by atoms with Crippen LogP contribution in [0.25, 0.3) is 83.9 Å². The fourth-order valence-corrected chi connectivity index (χ4v) is 26.9. The zero-order valence-corrected chi connectivity index (χ0v) is 81.3. The van der Waals surface area contributed by atoms with E-state index in [9.17, 15) is 0 Å². The third kappa shape index (κ3) is 14.2. The predicted molar refractivity (Wildman–Crippen MR) is 569 cm³/mol. The molecule has 140 heavy (non-hydrogen) atoms. The lowest BCUT2D eigenvalue weighted by molar-refractivity contribution is 0.122. The van der Waals surface area contributed by atoms with E-state index in [2.05, 4.69) is 351 Å². The maximum Gasteiger partial charge on any atom is 0.178 e. The number of rotatable bonds is 14. The number of hydrogen-bond donors (Lipinski definition) is 0. The Hall–Kier alpha value is -14.0. The van der Waals surface area contributed by atoms with Crippen molar-refractivity contribution < 1.29 is 42.6 Å². The molecule has 11 atom stereocenters. The Balaban J connectivity index is 0.000000112. The number of piperidine rings is 1. The van der Waals surface area contributed by atoms with Crippen LogP contribution < -0.4 is 52.8 Å². The van der Waals surface area contributed by atoms with Crippen LogP contribution in [-0.4, -0.2) is 109 Å². The van der Waals surface area contributed by atoms with E-state index >= 15 is 0 Å². The maximum absolute atomic E-state index is 7.81. The molecule has 0 N–H and O–H groups in total. The topological polar surface area (TPSA) is 96.0 Å². The van der Waals surface area contributed by atoms with Gasteiger partial charge in [-0.25, -0.2) is 0 Å². The Kier molecular flexibility index (Phi) is 22.1. The summed E-state index contributed by atoms with van der Waals surface area (Å²) in [4.78, 5) is 9.26. The number of ether oxygens (including phenoxy) is 9. The first-order valence-electron chi connectivity index (χ1n) is 50.9. The van der Waals surface area contributed by atoms with Gasteiger partial charge in [0.15, 0.2) is 16.8 Å². The van der Waals surface area contributed by atoms with Gasteiger partial charge in [0.05, 0.1) is 54.9 Å². The molecule has 6 fully saturated rings. The third-order valence-electron chi connectivity index (χ3n) is 33.6. The molecule has 12 aliphatic rings. The Morgan fingerprint density at radius 1 is 0.307 bits per heavy atom. The van der Waals surface area contributed by atoms with Gasteiger partial charge in [-0.15, -0.1) is 0 Å². The minimum absolute atomic E-state index is 0.251. The summed E-state index contributed by atoms with van der Waals surface area (Å²) < 4.78 is 57.3. The van der Waals surface area contributed by atoms with E-state index in [-0.39, 0.29) is 5.92 Å². The van der Waals surface area contributed by atoms with Gasteiger partial charge in [0.1, 0.15) is 40.2 Å². The van der Waals surface area contributed by atoms with Crippen LogP contribution >= 0.6 is 0 Å². The summed E-state index contributed by atoms with van der Waals surface area (Å²) in [5, 5.41) is 7.11. The second-order valence-electron chi connectivity index (χ2n) is 41.0. The molecule has 702 valence electrons.